The molecule has 1 N–H and O–H groups in total. The second kappa shape index (κ2) is 8.52. The van der Waals surface area contributed by atoms with Gasteiger partial charge in [0.2, 0.25) is 10.0 Å². The lowest BCUT2D eigenvalue weighted by atomic mass is 10.0. The molecule has 0 bridgehead atoms. The van der Waals surface area contributed by atoms with Crippen LogP contribution in [0, 0.1) is 0 Å². The molecule has 0 radical (unpaired) electrons. The van der Waals surface area contributed by atoms with Gasteiger partial charge in [0.15, 0.2) is 5.69 Å². The summed E-state index contributed by atoms with van der Waals surface area (Å²) < 4.78 is 73.1. The van der Waals surface area contributed by atoms with Crippen LogP contribution in [-0.2, 0) is 23.2 Å². The lowest BCUT2D eigenvalue weighted by Crippen LogP contribution is -2.28. The summed E-state index contributed by atoms with van der Waals surface area (Å²) in [5.74, 6) is 0.613. The average Bonchev–Trinajstić information content (AvgIpc) is 3.11. The highest BCUT2D eigenvalue weighted by molar-refractivity contribution is 7.89. The van der Waals surface area contributed by atoms with Crippen LogP contribution in [0.2, 0.25) is 5.02 Å². The molecule has 0 aliphatic heterocycles. The number of sulfonamides is 1. The van der Waals surface area contributed by atoms with Crippen LogP contribution in [0.15, 0.2) is 53.6 Å². The standard InChI is InChI=1S/C20H19ClF3N3O3S/c1-12(26-31(28,29)18-11-27(2)25-19(18)20(22,23)24)13-4-6-14(7-5-13)16-10-15(21)8-9-17(16)30-3/h4-12,26H,1-3H3/t12-/m1/s1. The SMILES string of the molecule is COc1ccc(Cl)cc1-c1ccc([C@@H](C)NS(=O)(=O)c2cn(C)nc2C(F)(F)F)cc1. The Labute approximate surface area is 182 Å². The van der Waals surface area contributed by atoms with E-state index < -0.39 is 32.8 Å². The van der Waals surface area contributed by atoms with Crippen molar-refractivity contribution >= 4 is 21.6 Å². The Kier molecular flexibility index (Phi) is 6.35. The molecule has 1 atom stereocenters. The Hall–Kier alpha value is -2.56. The van der Waals surface area contributed by atoms with Crippen LogP contribution in [-0.4, -0.2) is 25.3 Å². The van der Waals surface area contributed by atoms with Crippen molar-refractivity contribution in [3.8, 4) is 16.9 Å². The van der Waals surface area contributed by atoms with Crippen molar-refractivity contribution < 1.29 is 26.3 Å². The number of nitrogens with zero attached hydrogens (tertiary/aromatic N) is 2. The van der Waals surface area contributed by atoms with E-state index in [1.54, 1.807) is 42.5 Å². The summed E-state index contributed by atoms with van der Waals surface area (Å²) in [5.41, 5.74) is 0.633. The van der Waals surface area contributed by atoms with E-state index in [-0.39, 0.29) is 0 Å². The fourth-order valence-electron chi connectivity index (χ4n) is 3.08. The minimum atomic E-state index is -4.90. The quantitative estimate of drug-likeness (QED) is 0.557. The first-order valence-electron chi connectivity index (χ1n) is 8.99. The topological polar surface area (TPSA) is 73.2 Å². The first-order chi connectivity index (χ1) is 14.4. The number of methoxy groups -OCH3 is 1. The summed E-state index contributed by atoms with van der Waals surface area (Å²) in [7, 11) is -1.71. The Balaban J connectivity index is 1.87. The van der Waals surface area contributed by atoms with Crippen molar-refractivity contribution in [1.29, 1.82) is 0 Å². The molecule has 0 spiro atoms. The first-order valence-corrected chi connectivity index (χ1v) is 10.9. The van der Waals surface area contributed by atoms with E-state index in [0.29, 0.717) is 16.3 Å². The number of halogens is 4. The number of nitrogens with one attached hydrogen (secondary N) is 1. The molecule has 0 aliphatic carbocycles. The van der Waals surface area contributed by atoms with Crippen LogP contribution in [0.25, 0.3) is 11.1 Å². The fraction of sp³-hybridized carbons (Fsp3) is 0.250. The fourth-order valence-corrected chi connectivity index (χ4v) is 4.68. The molecule has 0 unspecified atom stereocenters. The van der Waals surface area contributed by atoms with Crippen LogP contribution in [0.5, 0.6) is 5.75 Å². The summed E-state index contributed by atoms with van der Waals surface area (Å²) in [6.07, 6.45) is -4.07. The molecule has 2 aromatic carbocycles. The molecule has 0 saturated heterocycles. The summed E-state index contributed by atoms with van der Waals surface area (Å²) in [5, 5.41) is 3.77. The van der Waals surface area contributed by atoms with Crippen molar-refractivity contribution in [3.05, 3.63) is 64.9 Å². The Morgan fingerprint density at radius 1 is 1.16 bits per heavy atom. The third kappa shape index (κ3) is 5.03. The average molecular weight is 474 g/mol. The maximum atomic E-state index is 13.2. The van der Waals surface area contributed by atoms with E-state index in [4.69, 9.17) is 16.3 Å². The van der Waals surface area contributed by atoms with Crippen molar-refractivity contribution in [2.75, 3.05) is 7.11 Å². The Bertz CT molecular complexity index is 1190. The Morgan fingerprint density at radius 3 is 2.39 bits per heavy atom. The number of ether oxygens (including phenoxy) is 1. The highest BCUT2D eigenvalue weighted by Gasteiger charge is 2.41. The Morgan fingerprint density at radius 2 is 1.81 bits per heavy atom. The van der Waals surface area contributed by atoms with Crippen molar-refractivity contribution in [2.24, 2.45) is 7.05 Å². The zero-order chi connectivity index (χ0) is 23.0. The van der Waals surface area contributed by atoms with Gasteiger partial charge in [0.25, 0.3) is 0 Å². The van der Waals surface area contributed by atoms with Gasteiger partial charge in [-0.3, -0.25) is 4.68 Å². The highest BCUT2D eigenvalue weighted by atomic mass is 35.5. The van der Waals surface area contributed by atoms with Gasteiger partial charge in [-0.1, -0.05) is 35.9 Å². The van der Waals surface area contributed by atoms with E-state index in [1.165, 1.54) is 21.1 Å². The van der Waals surface area contributed by atoms with E-state index in [1.807, 2.05) is 0 Å². The van der Waals surface area contributed by atoms with Crippen LogP contribution in [0.3, 0.4) is 0 Å². The predicted molar refractivity (Wildman–Crippen MR) is 110 cm³/mol. The molecule has 3 aromatic rings. The molecule has 166 valence electrons. The number of hydrogen-bond acceptors (Lipinski definition) is 4. The van der Waals surface area contributed by atoms with Crippen molar-refractivity contribution in [3.63, 3.8) is 0 Å². The largest absolute Gasteiger partial charge is 0.496 e. The maximum absolute atomic E-state index is 13.2. The molecule has 0 amide bonds. The molecule has 1 heterocycles. The van der Waals surface area contributed by atoms with Gasteiger partial charge < -0.3 is 4.74 Å². The molecule has 31 heavy (non-hydrogen) atoms. The molecular weight excluding hydrogens is 455 g/mol. The summed E-state index contributed by atoms with van der Waals surface area (Å²) in [4.78, 5) is -0.922. The molecule has 1 aromatic heterocycles. The van der Waals surface area contributed by atoms with Crippen LogP contribution >= 0.6 is 11.6 Å². The minimum absolute atomic E-state index is 0.526. The van der Waals surface area contributed by atoms with Gasteiger partial charge in [0.1, 0.15) is 10.6 Å². The zero-order valence-corrected chi connectivity index (χ0v) is 18.3. The summed E-state index contributed by atoms with van der Waals surface area (Å²) >= 11 is 6.06. The predicted octanol–water partition coefficient (Wildman–Crippen LogP) is 4.81. The smallest absolute Gasteiger partial charge is 0.436 e. The molecule has 3 rings (SSSR count). The molecule has 0 saturated carbocycles. The van der Waals surface area contributed by atoms with Gasteiger partial charge in [-0.15, -0.1) is 0 Å². The lowest BCUT2D eigenvalue weighted by Gasteiger charge is -2.16. The number of alkyl halides is 3. The first kappa shape index (κ1) is 23.1. The second-order valence-corrected chi connectivity index (χ2v) is 8.94. The third-order valence-electron chi connectivity index (χ3n) is 4.57. The number of aryl methyl sites for hydroxylation is 1. The summed E-state index contributed by atoms with van der Waals surface area (Å²) in [6, 6.07) is 11.2. The minimum Gasteiger partial charge on any atom is -0.496 e. The van der Waals surface area contributed by atoms with E-state index in [0.717, 1.165) is 22.0 Å². The summed E-state index contributed by atoms with van der Waals surface area (Å²) in [6.45, 7) is 1.54. The van der Waals surface area contributed by atoms with E-state index in [2.05, 4.69) is 9.82 Å². The van der Waals surface area contributed by atoms with E-state index in [9.17, 15) is 21.6 Å². The number of hydrogen-bond donors (Lipinski definition) is 1. The van der Waals surface area contributed by atoms with Crippen molar-refractivity contribution in [1.82, 2.24) is 14.5 Å². The monoisotopic (exact) mass is 473 g/mol. The number of rotatable bonds is 6. The van der Waals surface area contributed by atoms with Gasteiger partial charge in [0, 0.05) is 29.9 Å². The van der Waals surface area contributed by atoms with Gasteiger partial charge >= 0.3 is 6.18 Å². The van der Waals surface area contributed by atoms with Gasteiger partial charge in [-0.2, -0.15) is 18.3 Å². The molecule has 6 nitrogen and oxygen atoms in total. The second-order valence-electron chi connectivity index (χ2n) is 6.82. The number of benzene rings is 2. The van der Waals surface area contributed by atoms with Gasteiger partial charge in [-0.25, -0.2) is 13.1 Å². The van der Waals surface area contributed by atoms with Crippen LogP contribution in [0.1, 0.15) is 24.2 Å². The maximum Gasteiger partial charge on any atom is 0.436 e. The molecule has 0 fully saturated rings. The zero-order valence-electron chi connectivity index (χ0n) is 16.7. The molecule has 11 heteroatoms. The number of aromatic nitrogens is 2. The van der Waals surface area contributed by atoms with Crippen LogP contribution < -0.4 is 9.46 Å². The van der Waals surface area contributed by atoms with Crippen molar-refractivity contribution in [2.45, 2.75) is 24.0 Å². The highest BCUT2D eigenvalue weighted by Crippen LogP contribution is 2.35. The molecular formula is C20H19ClF3N3O3S. The molecule has 0 aliphatic rings. The van der Waals surface area contributed by atoms with E-state index >= 15 is 0 Å². The lowest BCUT2D eigenvalue weighted by molar-refractivity contribution is -0.143. The third-order valence-corrected chi connectivity index (χ3v) is 6.35. The van der Waals surface area contributed by atoms with Gasteiger partial charge in [0.05, 0.1) is 7.11 Å². The van der Waals surface area contributed by atoms with Gasteiger partial charge in [-0.05, 0) is 36.2 Å². The van der Waals surface area contributed by atoms with Crippen LogP contribution in [0.4, 0.5) is 13.2 Å². The normalized spacial score (nSPS) is 13.3.